The second-order valence-corrected chi connectivity index (χ2v) is 8.50. The Hall–Kier alpha value is -4.07. The highest BCUT2D eigenvalue weighted by Gasteiger charge is 2.21. The Labute approximate surface area is 195 Å². The molecule has 1 saturated carbocycles. The number of aromatic nitrogens is 2. The SMILES string of the molecule is Cc1noc2nc(-c3ccc(F)cc3)cc(C(=O)Nc3ccc(C(=O)NC4CCCC4)cc3)c12. The van der Waals surface area contributed by atoms with Crippen molar-refractivity contribution >= 4 is 28.6 Å². The van der Waals surface area contributed by atoms with Gasteiger partial charge in [-0.3, -0.25) is 9.59 Å². The van der Waals surface area contributed by atoms with Gasteiger partial charge in [-0.15, -0.1) is 0 Å². The quantitative estimate of drug-likeness (QED) is 0.425. The van der Waals surface area contributed by atoms with Gasteiger partial charge in [0.1, 0.15) is 5.82 Å². The number of anilines is 1. The van der Waals surface area contributed by atoms with Crippen LogP contribution in [0.2, 0.25) is 0 Å². The molecule has 7 nitrogen and oxygen atoms in total. The summed E-state index contributed by atoms with van der Waals surface area (Å²) in [6.45, 7) is 1.74. The first-order chi connectivity index (χ1) is 16.5. The zero-order valence-corrected chi connectivity index (χ0v) is 18.6. The van der Waals surface area contributed by atoms with E-state index in [0.717, 1.165) is 25.7 Å². The minimum Gasteiger partial charge on any atom is -0.349 e. The normalized spacial score (nSPS) is 13.8. The van der Waals surface area contributed by atoms with Crippen molar-refractivity contribution in [3.05, 3.63) is 77.2 Å². The molecule has 172 valence electrons. The number of nitrogens with one attached hydrogen (secondary N) is 2. The van der Waals surface area contributed by atoms with Gasteiger partial charge < -0.3 is 15.2 Å². The summed E-state index contributed by atoms with van der Waals surface area (Å²) < 4.78 is 18.7. The van der Waals surface area contributed by atoms with E-state index in [-0.39, 0.29) is 29.4 Å². The van der Waals surface area contributed by atoms with Gasteiger partial charge in [-0.1, -0.05) is 18.0 Å². The zero-order valence-electron chi connectivity index (χ0n) is 18.6. The third-order valence-electron chi connectivity index (χ3n) is 6.10. The highest BCUT2D eigenvalue weighted by Crippen LogP contribution is 2.28. The monoisotopic (exact) mass is 458 g/mol. The van der Waals surface area contributed by atoms with Crippen LogP contribution < -0.4 is 10.6 Å². The van der Waals surface area contributed by atoms with Gasteiger partial charge in [-0.2, -0.15) is 0 Å². The number of aryl methyl sites for hydroxylation is 1. The fourth-order valence-corrected chi connectivity index (χ4v) is 4.28. The van der Waals surface area contributed by atoms with E-state index < -0.39 is 0 Å². The van der Waals surface area contributed by atoms with Crippen LogP contribution in [0.4, 0.5) is 10.1 Å². The van der Waals surface area contributed by atoms with Crippen molar-refractivity contribution in [2.45, 2.75) is 38.6 Å². The van der Waals surface area contributed by atoms with Crippen molar-refractivity contribution in [2.75, 3.05) is 5.32 Å². The third kappa shape index (κ3) is 4.39. The maximum Gasteiger partial charge on any atom is 0.259 e. The standard InChI is InChI=1S/C26H23FN4O3/c1-15-23-21(14-22(30-26(23)34-31-15)16-6-10-18(27)11-7-16)25(33)29-20-12-8-17(9-13-20)24(32)28-19-4-2-3-5-19/h6-14,19H,2-5H2,1H3,(H,28,32)(H,29,33). The molecule has 5 rings (SSSR count). The molecule has 34 heavy (non-hydrogen) atoms. The number of rotatable bonds is 5. The largest absolute Gasteiger partial charge is 0.349 e. The van der Waals surface area contributed by atoms with Crippen LogP contribution in [0.3, 0.4) is 0 Å². The van der Waals surface area contributed by atoms with E-state index in [1.807, 2.05) is 0 Å². The highest BCUT2D eigenvalue weighted by atomic mass is 19.1. The Kier molecular flexibility index (Phi) is 5.79. The molecule has 1 aliphatic carbocycles. The number of hydrogen-bond donors (Lipinski definition) is 2. The molecule has 1 aliphatic rings. The minimum atomic E-state index is -0.370. The van der Waals surface area contributed by atoms with E-state index in [4.69, 9.17) is 4.52 Å². The molecule has 0 unspecified atom stereocenters. The molecule has 2 amide bonds. The van der Waals surface area contributed by atoms with Crippen molar-refractivity contribution in [1.29, 1.82) is 0 Å². The molecule has 0 bridgehead atoms. The molecule has 0 spiro atoms. The van der Waals surface area contributed by atoms with Gasteiger partial charge in [0.2, 0.25) is 0 Å². The number of carbonyl (C=O) groups excluding carboxylic acids is 2. The molecule has 0 radical (unpaired) electrons. The molecule has 0 saturated heterocycles. The van der Waals surface area contributed by atoms with Crippen LogP contribution in [0.15, 0.2) is 59.1 Å². The summed E-state index contributed by atoms with van der Waals surface area (Å²) in [5.41, 5.74) is 3.30. The molecule has 1 fully saturated rings. The van der Waals surface area contributed by atoms with Crippen LogP contribution in [-0.4, -0.2) is 28.0 Å². The first-order valence-electron chi connectivity index (χ1n) is 11.2. The maximum absolute atomic E-state index is 13.3. The molecule has 8 heteroatoms. The number of halogens is 1. The number of fused-ring (bicyclic) bond motifs is 1. The first kappa shape index (κ1) is 21.8. The molecule has 2 aromatic heterocycles. The van der Waals surface area contributed by atoms with Crippen molar-refractivity contribution in [3.63, 3.8) is 0 Å². The van der Waals surface area contributed by atoms with E-state index in [2.05, 4.69) is 20.8 Å². The summed E-state index contributed by atoms with van der Waals surface area (Å²) in [7, 11) is 0. The Morgan fingerprint density at radius 2 is 1.71 bits per heavy atom. The van der Waals surface area contributed by atoms with Crippen molar-refractivity contribution < 1.29 is 18.5 Å². The number of nitrogens with zero attached hydrogens (tertiary/aromatic N) is 2. The lowest BCUT2D eigenvalue weighted by Gasteiger charge is -2.12. The smallest absolute Gasteiger partial charge is 0.259 e. The fraction of sp³-hybridized carbons (Fsp3) is 0.231. The Morgan fingerprint density at radius 1 is 1.00 bits per heavy atom. The van der Waals surface area contributed by atoms with Crippen LogP contribution in [-0.2, 0) is 0 Å². The summed E-state index contributed by atoms with van der Waals surface area (Å²) >= 11 is 0. The predicted octanol–water partition coefficient (Wildman–Crippen LogP) is 5.26. The molecule has 0 atom stereocenters. The predicted molar refractivity (Wildman–Crippen MR) is 126 cm³/mol. The van der Waals surface area contributed by atoms with E-state index in [9.17, 15) is 14.0 Å². The van der Waals surface area contributed by atoms with Crippen molar-refractivity contribution in [1.82, 2.24) is 15.5 Å². The van der Waals surface area contributed by atoms with E-state index in [1.165, 1.54) is 12.1 Å². The average molecular weight is 458 g/mol. The zero-order chi connectivity index (χ0) is 23.7. The summed E-state index contributed by atoms with van der Waals surface area (Å²) in [6, 6.07) is 14.5. The number of pyridine rings is 1. The summed E-state index contributed by atoms with van der Waals surface area (Å²) in [4.78, 5) is 30.1. The van der Waals surface area contributed by atoms with Crippen molar-refractivity contribution in [2.24, 2.45) is 0 Å². The summed E-state index contributed by atoms with van der Waals surface area (Å²) in [5, 5.41) is 10.4. The van der Waals surface area contributed by atoms with Crippen LogP contribution >= 0.6 is 0 Å². The number of carbonyl (C=O) groups is 2. The Balaban J connectivity index is 1.39. The van der Waals surface area contributed by atoms with E-state index in [1.54, 1.807) is 49.4 Å². The van der Waals surface area contributed by atoms with Gasteiger partial charge in [0.25, 0.3) is 17.5 Å². The van der Waals surface area contributed by atoms with Gasteiger partial charge in [0.05, 0.1) is 22.3 Å². The lowest BCUT2D eigenvalue weighted by Crippen LogP contribution is -2.32. The van der Waals surface area contributed by atoms with Crippen LogP contribution in [0, 0.1) is 12.7 Å². The molecule has 0 aliphatic heterocycles. The molecular formula is C26H23FN4O3. The Bertz CT molecular complexity index is 1360. The Morgan fingerprint density at radius 3 is 2.41 bits per heavy atom. The van der Waals surface area contributed by atoms with Crippen LogP contribution in [0.1, 0.15) is 52.1 Å². The minimum absolute atomic E-state index is 0.107. The second kappa shape index (κ2) is 9.05. The van der Waals surface area contributed by atoms with E-state index >= 15 is 0 Å². The first-order valence-corrected chi connectivity index (χ1v) is 11.2. The number of amides is 2. The molecule has 2 N–H and O–H groups in total. The van der Waals surface area contributed by atoms with Crippen LogP contribution in [0.5, 0.6) is 0 Å². The van der Waals surface area contributed by atoms with Crippen molar-refractivity contribution in [3.8, 4) is 11.3 Å². The van der Waals surface area contributed by atoms with Gasteiger partial charge in [0.15, 0.2) is 0 Å². The number of benzene rings is 2. The van der Waals surface area contributed by atoms with Gasteiger partial charge >= 0.3 is 0 Å². The fourth-order valence-electron chi connectivity index (χ4n) is 4.28. The van der Waals surface area contributed by atoms with Gasteiger partial charge in [-0.05, 0) is 74.4 Å². The lowest BCUT2D eigenvalue weighted by atomic mass is 10.0. The molecule has 4 aromatic rings. The molecule has 2 aromatic carbocycles. The molecular weight excluding hydrogens is 435 g/mol. The third-order valence-corrected chi connectivity index (χ3v) is 6.10. The lowest BCUT2D eigenvalue weighted by molar-refractivity contribution is 0.0937. The van der Waals surface area contributed by atoms with E-state index in [0.29, 0.717) is 39.2 Å². The van der Waals surface area contributed by atoms with Crippen LogP contribution in [0.25, 0.3) is 22.4 Å². The number of hydrogen-bond acceptors (Lipinski definition) is 5. The topological polar surface area (TPSA) is 97.1 Å². The summed E-state index contributed by atoms with van der Waals surface area (Å²) in [6.07, 6.45) is 4.32. The molecule has 2 heterocycles. The van der Waals surface area contributed by atoms with Gasteiger partial charge in [-0.25, -0.2) is 9.37 Å². The summed E-state index contributed by atoms with van der Waals surface area (Å²) in [5.74, 6) is -0.839. The van der Waals surface area contributed by atoms with Gasteiger partial charge in [0, 0.05) is 22.9 Å². The highest BCUT2D eigenvalue weighted by molar-refractivity contribution is 6.13. The maximum atomic E-state index is 13.3. The average Bonchev–Trinajstić information content (AvgIpc) is 3.49. The second-order valence-electron chi connectivity index (χ2n) is 8.50.